The molecule has 1 saturated heterocycles. The van der Waals surface area contributed by atoms with Crippen LogP contribution in [0, 0.1) is 5.82 Å². The van der Waals surface area contributed by atoms with Crippen LogP contribution in [0.2, 0.25) is 0 Å². The van der Waals surface area contributed by atoms with Gasteiger partial charge in [-0.15, -0.1) is 0 Å². The fourth-order valence-corrected chi connectivity index (χ4v) is 4.48. The van der Waals surface area contributed by atoms with Crippen molar-refractivity contribution in [1.82, 2.24) is 15.0 Å². The smallest absolute Gasteiger partial charge is 0.475 e. The molecule has 0 radical (unpaired) electrons. The normalized spacial score (nSPS) is 17.8. The molecule has 176 valence electrons. The lowest BCUT2D eigenvalue weighted by molar-refractivity contribution is -0.192. The highest BCUT2D eigenvalue weighted by atomic mass is 32.1. The summed E-state index contributed by atoms with van der Waals surface area (Å²) in [5.41, 5.74) is 1.46. The molecule has 1 aromatic carbocycles. The summed E-state index contributed by atoms with van der Waals surface area (Å²) in [5.74, 6) is -3.13. The largest absolute Gasteiger partial charge is 0.490 e. The van der Waals surface area contributed by atoms with Crippen molar-refractivity contribution in [2.75, 3.05) is 0 Å². The maximum atomic E-state index is 13.0. The van der Waals surface area contributed by atoms with E-state index in [1.165, 1.54) is 23.7 Å². The molecule has 1 amide bonds. The van der Waals surface area contributed by atoms with Crippen LogP contribution in [0.1, 0.15) is 50.2 Å². The molecule has 0 aliphatic carbocycles. The van der Waals surface area contributed by atoms with Gasteiger partial charge in [0.05, 0.1) is 5.69 Å². The molecule has 11 heteroatoms. The number of carboxylic acids is 1. The molecular formula is C21H25F4N3O3S. The van der Waals surface area contributed by atoms with Crippen molar-refractivity contribution in [3.63, 3.8) is 0 Å². The molecule has 6 nitrogen and oxygen atoms in total. The summed E-state index contributed by atoms with van der Waals surface area (Å²) >= 11 is 1.17. The van der Waals surface area contributed by atoms with Crippen molar-refractivity contribution in [1.29, 1.82) is 0 Å². The van der Waals surface area contributed by atoms with Gasteiger partial charge in [0.15, 0.2) is 0 Å². The van der Waals surface area contributed by atoms with Gasteiger partial charge < -0.3 is 15.7 Å². The molecule has 2 aromatic rings. The van der Waals surface area contributed by atoms with E-state index in [9.17, 15) is 22.4 Å². The number of rotatable bonds is 3. The molecule has 1 aliphatic rings. The number of nitrogens with zero attached hydrogens (tertiary/aromatic N) is 1. The Bertz CT molecular complexity index is 940. The molecule has 1 aromatic heterocycles. The van der Waals surface area contributed by atoms with E-state index < -0.39 is 12.1 Å². The second-order valence-electron chi connectivity index (χ2n) is 8.86. The van der Waals surface area contributed by atoms with Gasteiger partial charge in [-0.2, -0.15) is 17.5 Å². The number of aliphatic carboxylic acids is 1. The number of hydrogen-bond acceptors (Lipinski definition) is 5. The molecule has 2 heterocycles. The predicted octanol–water partition coefficient (Wildman–Crippen LogP) is 4.62. The third-order valence-electron chi connectivity index (χ3n) is 4.64. The quantitative estimate of drug-likeness (QED) is 0.564. The summed E-state index contributed by atoms with van der Waals surface area (Å²) in [6.07, 6.45) is -3.32. The molecule has 3 rings (SSSR count). The number of nitrogens with one attached hydrogen (secondary N) is 2. The van der Waals surface area contributed by atoms with Crippen molar-refractivity contribution in [2.24, 2.45) is 0 Å². The Morgan fingerprint density at radius 2 is 1.62 bits per heavy atom. The van der Waals surface area contributed by atoms with E-state index in [1.54, 1.807) is 18.2 Å². The molecule has 1 fully saturated rings. The monoisotopic (exact) mass is 475 g/mol. The highest BCUT2D eigenvalue weighted by Gasteiger charge is 2.39. The fourth-order valence-electron chi connectivity index (χ4n) is 3.82. The number of halogens is 4. The molecule has 32 heavy (non-hydrogen) atoms. The number of carbonyl (C=O) groups excluding carboxylic acids is 1. The van der Waals surface area contributed by atoms with Crippen molar-refractivity contribution >= 4 is 23.4 Å². The van der Waals surface area contributed by atoms with Crippen molar-refractivity contribution in [3.8, 4) is 11.3 Å². The zero-order valence-corrected chi connectivity index (χ0v) is 18.8. The second-order valence-corrected chi connectivity index (χ2v) is 9.66. The second kappa shape index (κ2) is 9.53. The van der Waals surface area contributed by atoms with Crippen LogP contribution in [0.3, 0.4) is 0 Å². The van der Waals surface area contributed by atoms with E-state index in [4.69, 9.17) is 9.90 Å². The van der Waals surface area contributed by atoms with Crippen LogP contribution < -0.4 is 10.6 Å². The number of piperidine rings is 1. The number of amides is 1. The first-order chi connectivity index (χ1) is 14.6. The van der Waals surface area contributed by atoms with Gasteiger partial charge in [-0.25, -0.2) is 9.18 Å². The molecule has 0 atom stereocenters. The third-order valence-corrected chi connectivity index (χ3v) is 5.43. The summed E-state index contributed by atoms with van der Waals surface area (Å²) in [4.78, 5) is 22.1. The summed E-state index contributed by atoms with van der Waals surface area (Å²) in [5, 5.41) is 13.9. The van der Waals surface area contributed by atoms with Crippen LogP contribution in [-0.4, -0.2) is 44.7 Å². The van der Waals surface area contributed by atoms with Crippen LogP contribution in [0.5, 0.6) is 0 Å². The maximum absolute atomic E-state index is 13.0. The number of benzene rings is 1. The van der Waals surface area contributed by atoms with Crippen molar-refractivity contribution in [3.05, 3.63) is 41.0 Å². The molecule has 0 spiro atoms. The van der Waals surface area contributed by atoms with Gasteiger partial charge in [0, 0.05) is 22.7 Å². The minimum atomic E-state index is -5.08. The van der Waals surface area contributed by atoms with E-state index in [0.29, 0.717) is 10.6 Å². The Balaban J connectivity index is 0.000000451. The zero-order chi connectivity index (χ0) is 24.3. The summed E-state index contributed by atoms with van der Waals surface area (Å²) in [7, 11) is 0. The molecule has 0 unspecified atom stereocenters. The standard InChI is InChI=1S/C19H24FN3OS.C2HF3O2/c1-18(2)10-14(11-19(3,4)23-18)21-17(24)16-9-15(22-25-16)12-5-7-13(20)8-6-12;3-2(4,5)1(6)7/h5-9,14,23H,10-11H2,1-4H3,(H,21,24);(H,6,7). The average Bonchev–Trinajstić information content (AvgIpc) is 3.09. The molecule has 0 saturated carbocycles. The first-order valence-electron chi connectivity index (χ1n) is 9.71. The van der Waals surface area contributed by atoms with Crippen LogP contribution in [0.25, 0.3) is 11.3 Å². The van der Waals surface area contributed by atoms with Gasteiger partial charge >= 0.3 is 12.1 Å². The van der Waals surface area contributed by atoms with Gasteiger partial charge in [-0.05, 0) is 82.4 Å². The Morgan fingerprint density at radius 1 is 1.12 bits per heavy atom. The lowest BCUT2D eigenvalue weighted by Crippen LogP contribution is -2.62. The maximum Gasteiger partial charge on any atom is 0.490 e. The molecule has 0 bridgehead atoms. The lowest BCUT2D eigenvalue weighted by Gasteiger charge is -2.46. The number of alkyl halides is 3. The van der Waals surface area contributed by atoms with Crippen LogP contribution in [-0.2, 0) is 4.79 Å². The number of carboxylic acid groups (broad SMARTS) is 1. The van der Waals surface area contributed by atoms with Gasteiger partial charge in [-0.3, -0.25) is 4.79 Å². The average molecular weight is 476 g/mol. The zero-order valence-electron chi connectivity index (χ0n) is 18.0. The van der Waals surface area contributed by atoms with Gasteiger partial charge in [-0.1, -0.05) is 0 Å². The van der Waals surface area contributed by atoms with Crippen molar-refractivity contribution in [2.45, 2.75) is 63.8 Å². The van der Waals surface area contributed by atoms with Gasteiger partial charge in [0.2, 0.25) is 0 Å². The van der Waals surface area contributed by atoms with E-state index in [1.807, 2.05) is 0 Å². The summed E-state index contributed by atoms with van der Waals surface area (Å²) < 4.78 is 49.1. The van der Waals surface area contributed by atoms with Crippen LogP contribution in [0.15, 0.2) is 30.3 Å². The van der Waals surface area contributed by atoms with E-state index in [0.717, 1.165) is 18.4 Å². The van der Waals surface area contributed by atoms with Gasteiger partial charge in [0.25, 0.3) is 5.91 Å². The predicted molar refractivity (Wildman–Crippen MR) is 113 cm³/mol. The van der Waals surface area contributed by atoms with E-state index in [-0.39, 0.29) is 28.8 Å². The number of carbonyl (C=O) groups is 2. The minimum absolute atomic E-state index is 0.0212. The van der Waals surface area contributed by atoms with E-state index >= 15 is 0 Å². The summed E-state index contributed by atoms with van der Waals surface area (Å²) in [6, 6.07) is 8.02. The number of aromatic nitrogens is 1. The van der Waals surface area contributed by atoms with E-state index in [2.05, 4.69) is 42.7 Å². The Morgan fingerprint density at radius 3 is 2.09 bits per heavy atom. The highest BCUT2D eigenvalue weighted by molar-refractivity contribution is 7.08. The Kier molecular flexibility index (Phi) is 7.67. The van der Waals surface area contributed by atoms with Gasteiger partial charge in [0.1, 0.15) is 10.7 Å². The van der Waals surface area contributed by atoms with Crippen LogP contribution >= 0.6 is 11.5 Å². The Labute approximate surface area is 187 Å². The molecular weight excluding hydrogens is 450 g/mol. The SMILES string of the molecule is CC1(C)CC(NC(=O)c2cc(-c3ccc(F)cc3)ns2)CC(C)(C)N1.O=C(O)C(F)(F)F. The fraction of sp³-hybridized carbons (Fsp3) is 0.476. The van der Waals surface area contributed by atoms with Crippen LogP contribution in [0.4, 0.5) is 17.6 Å². The lowest BCUT2D eigenvalue weighted by atomic mass is 9.79. The molecule has 3 N–H and O–H groups in total. The summed E-state index contributed by atoms with van der Waals surface area (Å²) in [6.45, 7) is 8.64. The number of hydrogen-bond donors (Lipinski definition) is 3. The third kappa shape index (κ3) is 7.56. The van der Waals surface area contributed by atoms with Crippen molar-refractivity contribution < 1.29 is 32.3 Å². The minimum Gasteiger partial charge on any atom is -0.475 e. The highest BCUT2D eigenvalue weighted by Crippen LogP contribution is 2.29. The first-order valence-corrected chi connectivity index (χ1v) is 10.5. The molecule has 1 aliphatic heterocycles. The topological polar surface area (TPSA) is 91.3 Å². The first kappa shape index (κ1) is 25.7. The Hall–Kier alpha value is -2.53.